The molecule has 0 aliphatic carbocycles. The molecule has 0 aliphatic rings. The molecule has 8 heteroatoms. The van der Waals surface area contributed by atoms with Crippen molar-refractivity contribution in [2.24, 2.45) is 5.73 Å². The van der Waals surface area contributed by atoms with Gasteiger partial charge in [0, 0.05) is 11.9 Å². The molecule has 2 aromatic rings. The van der Waals surface area contributed by atoms with Crippen LogP contribution in [-0.4, -0.2) is 13.4 Å². The minimum Gasteiger partial charge on any atom is -0.326 e. The van der Waals surface area contributed by atoms with E-state index in [0.717, 1.165) is 16.3 Å². The molecule has 2 aromatic heterocycles. The van der Waals surface area contributed by atoms with Gasteiger partial charge in [0.2, 0.25) is 10.0 Å². The molecule has 0 bridgehead atoms. The van der Waals surface area contributed by atoms with Gasteiger partial charge in [-0.3, -0.25) is 0 Å². The molecule has 0 saturated carbocycles. The molecule has 0 aliphatic heterocycles. The van der Waals surface area contributed by atoms with Gasteiger partial charge in [0.05, 0.1) is 17.2 Å². The van der Waals surface area contributed by atoms with Crippen molar-refractivity contribution >= 4 is 32.7 Å². The van der Waals surface area contributed by atoms with Gasteiger partial charge in [0.25, 0.3) is 0 Å². The summed E-state index contributed by atoms with van der Waals surface area (Å²) in [4.78, 5) is 4.20. The van der Waals surface area contributed by atoms with Crippen LogP contribution in [0.25, 0.3) is 0 Å². The number of rotatable bonds is 5. The number of hydrogen-bond donors (Lipinski definition) is 2. The minimum atomic E-state index is -3.46. The van der Waals surface area contributed by atoms with Gasteiger partial charge in [-0.25, -0.2) is 18.1 Å². The summed E-state index contributed by atoms with van der Waals surface area (Å²) in [5.74, 6) is 0. The van der Waals surface area contributed by atoms with Crippen LogP contribution < -0.4 is 10.5 Å². The van der Waals surface area contributed by atoms with Gasteiger partial charge in [-0.1, -0.05) is 0 Å². The molecule has 98 valence electrons. The van der Waals surface area contributed by atoms with Crippen LogP contribution >= 0.6 is 22.7 Å². The van der Waals surface area contributed by atoms with Gasteiger partial charge in [-0.15, -0.1) is 22.7 Å². The average Bonchev–Trinajstić information content (AvgIpc) is 2.95. The number of nitrogens with one attached hydrogen (secondary N) is 1. The second-order valence-electron chi connectivity index (χ2n) is 3.66. The second-order valence-corrected chi connectivity index (χ2v) is 7.63. The summed E-state index contributed by atoms with van der Waals surface area (Å²) >= 11 is 2.67. The predicted octanol–water partition coefficient (Wildman–Crippen LogP) is 1.45. The van der Waals surface area contributed by atoms with Gasteiger partial charge < -0.3 is 5.73 Å². The highest BCUT2D eigenvalue weighted by Crippen LogP contribution is 2.20. The van der Waals surface area contributed by atoms with E-state index >= 15 is 0 Å². The van der Waals surface area contributed by atoms with Gasteiger partial charge in [0.1, 0.15) is 4.21 Å². The van der Waals surface area contributed by atoms with Crippen LogP contribution in [0.4, 0.5) is 0 Å². The summed E-state index contributed by atoms with van der Waals surface area (Å²) < 4.78 is 26.8. The average molecular weight is 303 g/mol. The fraction of sp³-hybridized carbons (Fsp3) is 0.300. The maximum absolute atomic E-state index is 12.0. The summed E-state index contributed by atoms with van der Waals surface area (Å²) in [6.07, 6.45) is 0. The molecule has 0 saturated heterocycles. The summed E-state index contributed by atoms with van der Waals surface area (Å²) in [7, 11) is -3.46. The Balaban J connectivity index is 2.07. The quantitative estimate of drug-likeness (QED) is 0.875. The fourth-order valence-electron chi connectivity index (χ4n) is 1.33. The van der Waals surface area contributed by atoms with Crippen molar-refractivity contribution in [3.05, 3.63) is 33.1 Å². The van der Waals surface area contributed by atoms with Crippen LogP contribution in [0.1, 0.15) is 16.3 Å². The molecule has 18 heavy (non-hydrogen) atoms. The summed E-state index contributed by atoms with van der Waals surface area (Å²) in [5, 5.41) is 4.52. The Kier molecular flexibility index (Phi) is 4.13. The highest BCUT2D eigenvalue weighted by Gasteiger charge is 2.16. The highest BCUT2D eigenvalue weighted by atomic mass is 32.2. The van der Waals surface area contributed by atoms with Crippen molar-refractivity contribution in [1.29, 1.82) is 0 Å². The predicted molar refractivity (Wildman–Crippen MR) is 73.1 cm³/mol. The Morgan fingerprint density at radius 2 is 2.17 bits per heavy atom. The van der Waals surface area contributed by atoms with E-state index in [1.165, 1.54) is 22.7 Å². The summed E-state index contributed by atoms with van der Waals surface area (Å²) in [6.45, 7) is 2.44. The SMILES string of the molecule is Cc1nc(CNS(=O)(=O)c2cc(CN)cs2)cs1. The zero-order valence-electron chi connectivity index (χ0n) is 9.71. The largest absolute Gasteiger partial charge is 0.326 e. The molecule has 2 heterocycles. The van der Waals surface area contributed by atoms with Crippen LogP contribution in [0.2, 0.25) is 0 Å². The minimum absolute atomic E-state index is 0.211. The lowest BCUT2D eigenvalue weighted by Gasteiger charge is -2.02. The van der Waals surface area contributed by atoms with Crippen LogP contribution in [-0.2, 0) is 23.1 Å². The first-order chi connectivity index (χ1) is 8.51. The molecule has 0 aromatic carbocycles. The van der Waals surface area contributed by atoms with Crippen LogP contribution in [0, 0.1) is 6.92 Å². The van der Waals surface area contributed by atoms with Gasteiger partial charge in [0.15, 0.2) is 0 Å². The van der Waals surface area contributed by atoms with Crippen LogP contribution in [0.3, 0.4) is 0 Å². The zero-order chi connectivity index (χ0) is 13.2. The standard InChI is InChI=1S/C10H13N3O2S3/c1-7-13-9(6-16-7)4-12-18(14,15)10-2-8(3-11)5-17-10/h2,5-6,12H,3-4,11H2,1H3. The van der Waals surface area contributed by atoms with Crippen LogP contribution in [0.15, 0.2) is 21.0 Å². The lowest BCUT2D eigenvalue weighted by molar-refractivity contribution is 0.582. The maximum atomic E-state index is 12.0. The van der Waals surface area contributed by atoms with E-state index in [2.05, 4.69) is 9.71 Å². The highest BCUT2D eigenvalue weighted by molar-refractivity contribution is 7.91. The van der Waals surface area contributed by atoms with E-state index in [-0.39, 0.29) is 10.8 Å². The molecule has 5 nitrogen and oxygen atoms in total. The first kappa shape index (κ1) is 13.6. The van der Waals surface area contributed by atoms with E-state index in [0.29, 0.717) is 6.54 Å². The smallest absolute Gasteiger partial charge is 0.250 e. The van der Waals surface area contributed by atoms with Crippen molar-refractivity contribution in [3.8, 4) is 0 Å². The third kappa shape index (κ3) is 3.15. The third-order valence-electron chi connectivity index (χ3n) is 2.24. The number of nitrogens with zero attached hydrogens (tertiary/aromatic N) is 1. The number of thiophene rings is 1. The van der Waals surface area contributed by atoms with Gasteiger partial charge in [-0.05, 0) is 23.9 Å². The summed E-state index contributed by atoms with van der Waals surface area (Å²) in [6, 6.07) is 1.60. The van der Waals surface area contributed by atoms with Crippen molar-refractivity contribution in [3.63, 3.8) is 0 Å². The van der Waals surface area contributed by atoms with Crippen molar-refractivity contribution < 1.29 is 8.42 Å². The molecule has 0 radical (unpaired) electrons. The lowest BCUT2D eigenvalue weighted by atomic mass is 10.4. The zero-order valence-corrected chi connectivity index (χ0v) is 12.2. The molecule has 0 atom stereocenters. The Hall–Kier alpha value is -0.800. The first-order valence-electron chi connectivity index (χ1n) is 5.19. The maximum Gasteiger partial charge on any atom is 0.250 e. The monoisotopic (exact) mass is 303 g/mol. The van der Waals surface area contributed by atoms with Gasteiger partial charge in [-0.2, -0.15) is 0 Å². The number of hydrogen-bond acceptors (Lipinski definition) is 6. The molecule has 0 spiro atoms. The van der Waals surface area contributed by atoms with E-state index in [4.69, 9.17) is 5.73 Å². The molecule has 0 fully saturated rings. The summed E-state index contributed by atoms with van der Waals surface area (Å²) in [5.41, 5.74) is 7.01. The Morgan fingerprint density at radius 3 is 2.72 bits per heavy atom. The van der Waals surface area contributed by atoms with Crippen molar-refractivity contribution in [2.75, 3.05) is 0 Å². The number of nitrogens with two attached hydrogens (primary N) is 1. The van der Waals surface area contributed by atoms with Crippen molar-refractivity contribution in [1.82, 2.24) is 9.71 Å². The third-order valence-corrected chi connectivity index (χ3v) is 5.95. The topological polar surface area (TPSA) is 85.1 Å². The van der Waals surface area contributed by atoms with Gasteiger partial charge >= 0.3 is 0 Å². The van der Waals surface area contributed by atoms with E-state index in [1.807, 2.05) is 12.3 Å². The normalized spacial score (nSPS) is 11.9. The van der Waals surface area contributed by atoms with E-state index < -0.39 is 10.0 Å². The number of aromatic nitrogens is 1. The van der Waals surface area contributed by atoms with E-state index in [9.17, 15) is 8.42 Å². The molecule has 0 amide bonds. The fourth-order valence-corrected chi connectivity index (χ4v) is 4.21. The lowest BCUT2D eigenvalue weighted by Crippen LogP contribution is -2.22. The Labute approximate surface area is 114 Å². The molecule has 0 unspecified atom stereocenters. The van der Waals surface area contributed by atoms with Crippen molar-refractivity contribution in [2.45, 2.75) is 24.2 Å². The Morgan fingerprint density at radius 1 is 1.39 bits per heavy atom. The molecule has 3 N–H and O–H groups in total. The van der Waals surface area contributed by atoms with E-state index in [1.54, 1.807) is 11.4 Å². The van der Waals surface area contributed by atoms with Crippen LogP contribution in [0.5, 0.6) is 0 Å². The molecule has 2 rings (SSSR count). The molecular formula is C10H13N3O2S3. The second kappa shape index (κ2) is 5.45. The number of aryl methyl sites for hydroxylation is 1. The first-order valence-corrected chi connectivity index (χ1v) is 8.43. The number of thiazole rings is 1. The number of sulfonamides is 1. The Bertz CT molecular complexity index is 630. The molecular weight excluding hydrogens is 290 g/mol.